The first-order valence-corrected chi connectivity index (χ1v) is 5.03. The molecule has 2 nitrogen and oxygen atoms in total. The second kappa shape index (κ2) is 5.04. The molecule has 0 fully saturated rings. The molecule has 0 spiro atoms. The summed E-state index contributed by atoms with van der Waals surface area (Å²) in [6.07, 6.45) is 5.13. The molecule has 0 aliphatic carbocycles. The Hall–Kier alpha value is -0.980. The van der Waals surface area contributed by atoms with E-state index < -0.39 is 0 Å². The van der Waals surface area contributed by atoms with Crippen LogP contribution < -0.4 is 10.5 Å². The zero-order valence-electron chi connectivity index (χ0n) is 8.01. The van der Waals surface area contributed by atoms with Gasteiger partial charge in [-0.3, -0.25) is 0 Å². The minimum absolute atomic E-state index is 0.273. The number of terminal acetylenes is 1. The Kier molecular flexibility index (Phi) is 3.99. The van der Waals surface area contributed by atoms with E-state index in [9.17, 15) is 0 Å². The molecule has 2 N–H and O–H groups in total. The van der Waals surface area contributed by atoms with Gasteiger partial charge in [0.25, 0.3) is 0 Å². The third-order valence-corrected chi connectivity index (χ3v) is 2.29. The molecule has 0 amide bonds. The van der Waals surface area contributed by atoms with E-state index in [-0.39, 0.29) is 6.61 Å². The van der Waals surface area contributed by atoms with E-state index in [0.717, 1.165) is 21.3 Å². The van der Waals surface area contributed by atoms with Crippen molar-refractivity contribution in [1.29, 1.82) is 0 Å². The summed E-state index contributed by atoms with van der Waals surface area (Å²) in [4.78, 5) is 0. The van der Waals surface area contributed by atoms with E-state index in [0.29, 0.717) is 6.54 Å². The Morgan fingerprint density at radius 2 is 2.29 bits per heavy atom. The monoisotopic (exact) mass is 253 g/mol. The maximum Gasteiger partial charge on any atom is 0.148 e. The number of hydrogen-bond donors (Lipinski definition) is 1. The topological polar surface area (TPSA) is 35.2 Å². The van der Waals surface area contributed by atoms with Crippen LogP contribution in [0.25, 0.3) is 0 Å². The van der Waals surface area contributed by atoms with Crippen molar-refractivity contribution in [1.82, 2.24) is 0 Å². The van der Waals surface area contributed by atoms with Crippen LogP contribution in [0.1, 0.15) is 11.1 Å². The van der Waals surface area contributed by atoms with Gasteiger partial charge in [0.2, 0.25) is 0 Å². The second-order valence-electron chi connectivity index (χ2n) is 2.91. The van der Waals surface area contributed by atoms with Crippen molar-refractivity contribution >= 4 is 15.9 Å². The van der Waals surface area contributed by atoms with Gasteiger partial charge in [-0.05, 0) is 24.6 Å². The van der Waals surface area contributed by atoms with Gasteiger partial charge in [0.15, 0.2) is 0 Å². The van der Waals surface area contributed by atoms with Crippen molar-refractivity contribution < 1.29 is 4.74 Å². The summed E-state index contributed by atoms with van der Waals surface area (Å²) in [5, 5.41) is 0. The highest BCUT2D eigenvalue weighted by atomic mass is 79.9. The van der Waals surface area contributed by atoms with Crippen molar-refractivity contribution in [2.75, 3.05) is 6.61 Å². The summed E-state index contributed by atoms with van der Waals surface area (Å²) in [7, 11) is 0. The largest absolute Gasteiger partial charge is 0.480 e. The van der Waals surface area contributed by atoms with Crippen LogP contribution in [0.15, 0.2) is 16.6 Å². The number of nitrogens with two attached hydrogens (primary N) is 1. The lowest BCUT2D eigenvalue weighted by Crippen LogP contribution is -2.04. The maximum atomic E-state index is 5.61. The molecule has 0 bridgehead atoms. The number of halogens is 1. The van der Waals surface area contributed by atoms with Crippen LogP contribution in [-0.2, 0) is 6.54 Å². The van der Waals surface area contributed by atoms with Crippen LogP contribution in [0.2, 0.25) is 0 Å². The van der Waals surface area contributed by atoms with Gasteiger partial charge in [-0.2, -0.15) is 0 Å². The van der Waals surface area contributed by atoms with Crippen molar-refractivity contribution in [2.24, 2.45) is 5.73 Å². The fourth-order valence-corrected chi connectivity index (χ4v) is 1.89. The molecule has 74 valence electrons. The lowest BCUT2D eigenvalue weighted by atomic mass is 10.1. The number of aryl methyl sites for hydroxylation is 1. The van der Waals surface area contributed by atoms with E-state index in [1.54, 1.807) is 0 Å². The first-order chi connectivity index (χ1) is 6.69. The molecular weight excluding hydrogens is 242 g/mol. The molecule has 0 aromatic heterocycles. The van der Waals surface area contributed by atoms with Gasteiger partial charge in [0.1, 0.15) is 12.4 Å². The van der Waals surface area contributed by atoms with E-state index in [4.69, 9.17) is 16.9 Å². The minimum atomic E-state index is 0.273. The van der Waals surface area contributed by atoms with Gasteiger partial charge in [0.05, 0.1) is 0 Å². The molecule has 0 aliphatic heterocycles. The average Bonchev–Trinajstić information content (AvgIpc) is 2.15. The number of hydrogen-bond acceptors (Lipinski definition) is 2. The summed E-state index contributed by atoms with van der Waals surface area (Å²) in [6.45, 7) is 2.69. The molecule has 3 heteroatoms. The van der Waals surface area contributed by atoms with Gasteiger partial charge >= 0.3 is 0 Å². The summed E-state index contributed by atoms with van der Waals surface area (Å²) >= 11 is 3.40. The van der Waals surface area contributed by atoms with Gasteiger partial charge < -0.3 is 10.5 Å². The van der Waals surface area contributed by atoms with Crippen molar-refractivity contribution in [3.05, 3.63) is 27.7 Å². The summed E-state index contributed by atoms with van der Waals surface area (Å²) in [5.74, 6) is 3.23. The smallest absolute Gasteiger partial charge is 0.148 e. The fraction of sp³-hybridized carbons (Fsp3) is 0.273. The van der Waals surface area contributed by atoms with Gasteiger partial charge in [-0.15, -0.1) is 6.42 Å². The molecule has 0 saturated heterocycles. The van der Waals surface area contributed by atoms with Crippen LogP contribution in [0.3, 0.4) is 0 Å². The molecule has 0 aliphatic rings. The molecule has 0 radical (unpaired) electrons. The summed E-state index contributed by atoms with van der Waals surface area (Å²) in [5.41, 5.74) is 7.61. The molecule has 1 rings (SSSR count). The predicted octanol–water partition coefficient (Wildman–Crippen LogP) is 2.23. The standard InChI is InChI=1S/C11H12BrNO/c1-3-4-14-11-8(2)5-10(12)6-9(11)7-13/h1,5-6H,4,7,13H2,2H3. The SMILES string of the molecule is C#CCOc1c(C)cc(Br)cc1CN. The molecule has 1 aromatic carbocycles. The predicted molar refractivity (Wildman–Crippen MR) is 61.1 cm³/mol. The highest BCUT2D eigenvalue weighted by molar-refractivity contribution is 9.10. The maximum absolute atomic E-state index is 5.61. The van der Waals surface area contributed by atoms with Crippen molar-refractivity contribution in [2.45, 2.75) is 13.5 Å². The Bertz CT molecular complexity index is 368. The zero-order chi connectivity index (χ0) is 10.6. The molecular formula is C11H12BrNO. The Morgan fingerprint density at radius 1 is 1.57 bits per heavy atom. The van der Waals surface area contributed by atoms with Crippen molar-refractivity contribution in [3.8, 4) is 18.1 Å². The van der Waals surface area contributed by atoms with Gasteiger partial charge in [-0.1, -0.05) is 21.9 Å². The lowest BCUT2D eigenvalue weighted by Gasteiger charge is -2.11. The van der Waals surface area contributed by atoms with Crippen LogP contribution in [-0.4, -0.2) is 6.61 Å². The van der Waals surface area contributed by atoms with Crippen LogP contribution in [0.5, 0.6) is 5.75 Å². The average molecular weight is 254 g/mol. The van der Waals surface area contributed by atoms with Gasteiger partial charge in [0, 0.05) is 16.6 Å². The molecule has 1 aromatic rings. The quantitative estimate of drug-likeness (QED) is 0.839. The van der Waals surface area contributed by atoms with Gasteiger partial charge in [-0.25, -0.2) is 0 Å². The fourth-order valence-electron chi connectivity index (χ4n) is 1.27. The highest BCUT2D eigenvalue weighted by Gasteiger charge is 2.06. The minimum Gasteiger partial charge on any atom is -0.480 e. The van der Waals surface area contributed by atoms with Crippen LogP contribution in [0, 0.1) is 19.3 Å². The third kappa shape index (κ3) is 2.50. The lowest BCUT2D eigenvalue weighted by molar-refractivity contribution is 0.363. The molecule has 0 heterocycles. The first-order valence-electron chi connectivity index (χ1n) is 4.24. The van der Waals surface area contributed by atoms with E-state index in [2.05, 4.69) is 21.9 Å². The van der Waals surface area contributed by atoms with Crippen LogP contribution in [0.4, 0.5) is 0 Å². The second-order valence-corrected chi connectivity index (χ2v) is 3.82. The molecule has 14 heavy (non-hydrogen) atoms. The normalized spacial score (nSPS) is 9.57. The van der Waals surface area contributed by atoms with E-state index in [1.807, 2.05) is 19.1 Å². The Labute approximate surface area is 92.6 Å². The van der Waals surface area contributed by atoms with E-state index in [1.165, 1.54) is 0 Å². The van der Waals surface area contributed by atoms with Crippen molar-refractivity contribution in [3.63, 3.8) is 0 Å². The molecule has 0 saturated carbocycles. The van der Waals surface area contributed by atoms with E-state index >= 15 is 0 Å². The highest BCUT2D eigenvalue weighted by Crippen LogP contribution is 2.27. The Balaban J connectivity index is 3.06. The zero-order valence-corrected chi connectivity index (χ0v) is 9.60. The summed E-state index contributed by atoms with van der Waals surface area (Å²) in [6, 6.07) is 3.92. The first kappa shape index (κ1) is 11.1. The number of benzene rings is 1. The Morgan fingerprint density at radius 3 is 2.86 bits per heavy atom. The molecule has 0 unspecified atom stereocenters. The summed E-state index contributed by atoms with van der Waals surface area (Å²) < 4.78 is 6.43. The number of ether oxygens (including phenoxy) is 1. The molecule has 0 atom stereocenters. The van der Waals surface area contributed by atoms with Crippen LogP contribution >= 0.6 is 15.9 Å². The number of rotatable bonds is 3. The third-order valence-electron chi connectivity index (χ3n) is 1.84.